The minimum absolute atomic E-state index is 0.902. The van der Waals surface area contributed by atoms with Crippen LogP contribution in [0.25, 0.3) is 93.9 Å². The summed E-state index contributed by atoms with van der Waals surface area (Å²) in [5.74, 6) is 0. The number of furan rings is 1. The minimum atomic E-state index is -3.07. The monoisotopic (exact) mass is 895 g/mol. The highest BCUT2D eigenvalue weighted by Gasteiger charge is 2.42. The Hall–Kier alpha value is -8.76. The fourth-order valence-corrected chi connectivity index (χ4v) is 15.8. The van der Waals surface area contributed by atoms with Crippen LogP contribution in [-0.2, 0) is 0 Å². The van der Waals surface area contributed by atoms with Gasteiger partial charge >= 0.3 is 0 Å². The lowest BCUT2D eigenvalue weighted by Gasteiger charge is -2.36. The topological polar surface area (TPSA) is 18.1 Å². The van der Waals surface area contributed by atoms with Crippen LogP contribution in [0.2, 0.25) is 0 Å². The van der Waals surface area contributed by atoms with Crippen LogP contribution in [0, 0.1) is 0 Å². The van der Waals surface area contributed by atoms with Crippen molar-refractivity contribution < 1.29 is 4.42 Å². The van der Waals surface area contributed by atoms with Gasteiger partial charge in [0, 0.05) is 38.2 Å². The third kappa shape index (κ3) is 6.70. The number of fused-ring (bicyclic) bond motifs is 6. The van der Waals surface area contributed by atoms with E-state index in [-0.39, 0.29) is 0 Å². The van der Waals surface area contributed by atoms with Crippen molar-refractivity contribution in [3.63, 3.8) is 0 Å². The molecule has 0 fully saturated rings. The first-order valence-electron chi connectivity index (χ1n) is 23.7. The fraction of sp³-hybridized carbons (Fsp3) is 0. The Morgan fingerprint density at radius 3 is 1.36 bits per heavy atom. The molecule has 0 spiro atoms. The standard InChI is InChI=1S/C66H45NOSi/c1-6-21-46(22-7-1)47-37-40-53(41-38-47)69(51-27-12-4-13-28-51,52-29-14-5-15-30-52)54-44-59(48-23-8-2-9-24-48)65(60(45-54)49-25-10-3-11-26-49)67-62-35-18-16-31-56(62)61-43-50(39-42-63(61)67)55-33-20-34-58-57-32-17-19-36-64(57)68-66(55)58/h1-45H. The number of aromatic nitrogens is 1. The molecule has 13 aromatic rings. The average Bonchev–Trinajstić information content (AvgIpc) is 3.98. The molecule has 0 unspecified atom stereocenters. The Bertz CT molecular complexity index is 3870. The van der Waals surface area contributed by atoms with Gasteiger partial charge in [0.25, 0.3) is 0 Å². The second kappa shape index (κ2) is 16.8. The molecule has 0 saturated heterocycles. The van der Waals surface area contributed by atoms with Gasteiger partial charge in [-0.25, -0.2) is 0 Å². The van der Waals surface area contributed by atoms with Crippen molar-refractivity contribution >= 4 is 72.6 Å². The normalized spacial score (nSPS) is 11.8. The highest BCUT2D eigenvalue weighted by Crippen LogP contribution is 2.43. The van der Waals surface area contributed by atoms with E-state index in [0.717, 1.165) is 60.9 Å². The Balaban J connectivity index is 1.13. The zero-order chi connectivity index (χ0) is 45.7. The molecule has 0 N–H and O–H groups in total. The first kappa shape index (κ1) is 40.5. The molecule has 0 aliphatic carbocycles. The molecule has 2 aromatic heterocycles. The molecular formula is C66H45NOSi. The molecule has 0 amide bonds. The minimum Gasteiger partial charge on any atom is -0.455 e. The largest absolute Gasteiger partial charge is 0.455 e. The summed E-state index contributed by atoms with van der Waals surface area (Å²) in [7, 11) is -3.07. The molecule has 2 heterocycles. The number of hydrogen-bond donors (Lipinski definition) is 0. The summed E-state index contributed by atoms with van der Waals surface area (Å²) < 4.78 is 9.14. The van der Waals surface area contributed by atoms with Crippen LogP contribution >= 0.6 is 0 Å². The van der Waals surface area contributed by atoms with Crippen LogP contribution < -0.4 is 20.7 Å². The van der Waals surface area contributed by atoms with Crippen molar-refractivity contribution in [3.05, 3.63) is 273 Å². The lowest BCUT2D eigenvalue weighted by Crippen LogP contribution is -2.74. The van der Waals surface area contributed by atoms with E-state index in [2.05, 4.69) is 271 Å². The molecular weight excluding hydrogens is 851 g/mol. The van der Waals surface area contributed by atoms with Crippen LogP contribution in [0.3, 0.4) is 0 Å². The Morgan fingerprint density at radius 2 is 0.739 bits per heavy atom. The smallest absolute Gasteiger partial charge is 0.179 e. The summed E-state index contributed by atoms with van der Waals surface area (Å²) >= 11 is 0. The highest BCUT2D eigenvalue weighted by atomic mass is 28.3. The predicted molar refractivity (Wildman–Crippen MR) is 293 cm³/mol. The molecule has 11 aromatic carbocycles. The average molecular weight is 896 g/mol. The van der Waals surface area contributed by atoms with Gasteiger partial charge in [0.05, 0.1) is 16.7 Å². The molecule has 0 bridgehead atoms. The fourth-order valence-electron chi connectivity index (χ4n) is 11.0. The van der Waals surface area contributed by atoms with E-state index in [1.165, 1.54) is 53.8 Å². The van der Waals surface area contributed by atoms with E-state index in [4.69, 9.17) is 4.42 Å². The Kier molecular flexibility index (Phi) is 9.88. The van der Waals surface area contributed by atoms with E-state index in [9.17, 15) is 0 Å². The lowest BCUT2D eigenvalue weighted by molar-refractivity contribution is 0.670. The van der Waals surface area contributed by atoms with Gasteiger partial charge < -0.3 is 8.98 Å². The summed E-state index contributed by atoms with van der Waals surface area (Å²) in [6.07, 6.45) is 0. The maximum absolute atomic E-state index is 6.60. The zero-order valence-electron chi connectivity index (χ0n) is 37.8. The van der Waals surface area contributed by atoms with E-state index in [1.54, 1.807) is 0 Å². The Morgan fingerprint density at radius 1 is 0.275 bits per heavy atom. The number of para-hydroxylation sites is 3. The first-order chi connectivity index (χ1) is 34.2. The molecule has 0 aliphatic heterocycles. The molecule has 0 radical (unpaired) electrons. The van der Waals surface area contributed by atoms with E-state index in [1.807, 2.05) is 6.07 Å². The summed E-state index contributed by atoms with van der Waals surface area (Å²) in [6.45, 7) is 0. The highest BCUT2D eigenvalue weighted by molar-refractivity contribution is 7.20. The van der Waals surface area contributed by atoms with Gasteiger partial charge in [-0.15, -0.1) is 0 Å². The third-order valence-corrected chi connectivity index (χ3v) is 18.9. The van der Waals surface area contributed by atoms with Gasteiger partial charge in [-0.3, -0.25) is 0 Å². The molecule has 3 heteroatoms. The molecule has 0 aliphatic rings. The number of nitrogens with zero attached hydrogens (tertiary/aromatic N) is 1. The van der Waals surface area contributed by atoms with Crippen molar-refractivity contribution in [2.75, 3.05) is 0 Å². The first-order valence-corrected chi connectivity index (χ1v) is 25.7. The van der Waals surface area contributed by atoms with Gasteiger partial charge in [-0.05, 0) is 72.8 Å². The summed E-state index contributed by atoms with van der Waals surface area (Å²) in [4.78, 5) is 0. The summed E-state index contributed by atoms with van der Waals surface area (Å²) in [5, 5.41) is 9.96. The van der Waals surface area contributed by atoms with Gasteiger partial charge in [0.1, 0.15) is 11.2 Å². The zero-order valence-corrected chi connectivity index (χ0v) is 38.8. The van der Waals surface area contributed by atoms with Crippen LogP contribution in [0.5, 0.6) is 0 Å². The van der Waals surface area contributed by atoms with E-state index in [0.29, 0.717) is 0 Å². The van der Waals surface area contributed by atoms with Gasteiger partial charge in [0.2, 0.25) is 0 Å². The molecule has 13 rings (SSSR count). The van der Waals surface area contributed by atoms with Crippen molar-refractivity contribution in [2.45, 2.75) is 0 Å². The molecule has 69 heavy (non-hydrogen) atoms. The summed E-state index contributed by atoms with van der Waals surface area (Å²) in [5.41, 5.74) is 14.6. The van der Waals surface area contributed by atoms with Crippen molar-refractivity contribution in [2.24, 2.45) is 0 Å². The van der Waals surface area contributed by atoms with Gasteiger partial charge in [-0.1, -0.05) is 249 Å². The SMILES string of the molecule is c1ccc(-c2ccc([Si](c3ccccc3)(c3ccccc3)c3cc(-c4ccccc4)c(-n4c5ccccc5c5cc(-c6cccc7c6oc6ccccc67)ccc54)c(-c4ccccc4)c3)cc2)cc1. The predicted octanol–water partition coefficient (Wildman–Crippen LogP) is 14.7. The van der Waals surface area contributed by atoms with Gasteiger partial charge in [0.15, 0.2) is 8.07 Å². The van der Waals surface area contributed by atoms with Crippen LogP contribution in [0.4, 0.5) is 0 Å². The van der Waals surface area contributed by atoms with Crippen LogP contribution in [0.15, 0.2) is 277 Å². The van der Waals surface area contributed by atoms with Crippen LogP contribution in [-0.4, -0.2) is 12.6 Å². The van der Waals surface area contributed by atoms with Crippen molar-refractivity contribution in [1.29, 1.82) is 0 Å². The quantitative estimate of drug-likeness (QED) is 0.104. The molecule has 2 nitrogen and oxygen atoms in total. The summed E-state index contributed by atoms with van der Waals surface area (Å²) in [6, 6.07) is 101. The molecule has 0 saturated carbocycles. The number of benzene rings is 11. The van der Waals surface area contributed by atoms with Crippen LogP contribution in [0.1, 0.15) is 0 Å². The second-order valence-electron chi connectivity index (χ2n) is 17.9. The lowest BCUT2D eigenvalue weighted by atomic mass is 9.95. The number of hydrogen-bond acceptors (Lipinski definition) is 1. The van der Waals surface area contributed by atoms with Crippen molar-refractivity contribution in [3.8, 4) is 50.2 Å². The van der Waals surface area contributed by atoms with Gasteiger partial charge in [-0.2, -0.15) is 0 Å². The Labute approximate surface area is 402 Å². The molecule has 324 valence electrons. The molecule has 0 atom stereocenters. The second-order valence-corrected chi connectivity index (χ2v) is 21.8. The third-order valence-electron chi connectivity index (χ3n) is 14.2. The maximum atomic E-state index is 6.60. The van der Waals surface area contributed by atoms with E-state index >= 15 is 0 Å². The van der Waals surface area contributed by atoms with Crippen molar-refractivity contribution in [1.82, 2.24) is 4.57 Å². The van der Waals surface area contributed by atoms with E-state index < -0.39 is 8.07 Å². The maximum Gasteiger partial charge on any atom is 0.179 e. The number of rotatable bonds is 9.